The van der Waals surface area contributed by atoms with Gasteiger partial charge in [0.1, 0.15) is 5.82 Å². The zero-order valence-electron chi connectivity index (χ0n) is 16.9. The van der Waals surface area contributed by atoms with Gasteiger partial charge in [0, 0.05) is 21.7 Å². The molecule has 6 nitrogen and oxygen atoms in total. The van der Waals surface area contributed by atoms with Crippen LogP contribution in [0.5, 0.6) is 0 Å². The van der Waals surface area contributed by atoms with Gasteiger partial charge in [0.15, 0.2) is 11.5 Å². The summed E-state index contributed by atoms with van der Waals surface area (Å²) >= 11 is 18.3. The molecule has 0 aliphatic rings. The average molecular weight is 494 g/mol. The Labute approximate surface area is 197 Å². The molecule has 0 bridgehead atoms. The van der Waals surface area contributed by atoms with E-state index >= 15 is 0 Å². The Balaban J connectivity index is 1.54. The minimum Gasteiger partial charge on any atom is -0.355 e. The maximum absolute atomic E-state index is 13.3. The van der Waals surface area contributed by atoms with Crippen LogP contribution in [-0.4, -0.2) is 20.8 Å². The molecule has 0 radical (unpaired) electrons. The largest absolute Gasteiger partial charge is 0.355 e. The Morgan fingerprint density at radius 2 is 1.88 bits per heavy atom. The lowest BCUT2D eigenvalue weighted by molar-refractivity contribution is 0.101. The number of hydrogen-bond acceptors (Lipinski definition) is 4. The van der Waals surface area contributed by atoms with Crippen LogP contribution >= 0.6 is 34.8 Å². The van der Waals surface area contributed by atoms with E-state index in [0.717, 1.165) is 0 Å². The van der Waals surface area contributed by atoms with Gasteiger partial charge in [0.05, 0.1) is 28.6 Å². The first kappa shape index (κ1) is 22.3. The van der Waals surface area contributed by atoms with Crippen LogP contribution in [0.1, 0.15) is 27.4 Å². The minimum atomic E-state index is -0.462. The lowest BCUT2D eigenvalue weighted by atomic mass is 10.1. The van der Waals surface area contributed by atoms with Gasteiger partial charge in [-0.05, 0) is 49.7 Å². The molecule has 1 amide bonds. The highest BCUT2D eigenvalue weighted by atomic mass is 35.5. The second-order valence-electron chi connectivity index (χ2n) is 7.09. The van der Waals surface area contributed by atoms with Gasteiger partial charge in [-0.25, -0.2) is 4.39 Å². The third kappa shape index (κ3) is 4.50. The number of carbonyl (C=O) groups is 1. The molecule has 1 N–H and O–H groups in total. The number of anilines is 1. The first-order valence-electron chi connectivity index (χ1n) is 9.44. The molecule has 2 heterocycles. The first-order valence-corrected chi connectivity index (χ1v) is 10.6. The van der Waals surface area contributed by atoms with E-state index in [4.69, 9.17) is 39.3 Å². The fourth-order valence-corrected chi connectivity index (χ4v) is 3.95. The van der Waals surface area contributed by atoms with Gasteiger partial charge in [-0.3, -0.25) is 9.48 Å². The highest BCUT2D eigenvalue weighted by Crippen LogP contribution is 2.31. The third-order valence-electron chi connectivity index (χ3n) is 4.89. The van der Waals surface area contributed by atoms with E-state index in [2.05, 4.69) is 15.6 Å². The third-order valence-corrected chi connectivity index (χ3v) is 5.79. The van der Waals surface area contributed by atoms with Crippen molar-refractivity contribution in [2.45, 2.75) is 20.4 Å². The summed E-state index contributed by atoms with van der Waals surface area (Å²) in [6, 6.07) is 10.6. The fourth-order valence-electron chi connectivity index (χ4n) is 3.22. The van der Waals surface area contributed by atoms with Gasteiger partial charge in [0.25, 0.3) is 5.91 Å². The van der Waals surface area contributed by atoms with E-state index in [-0.39, 0.29) is 5.69 Å². The molecule has 0 atom stereocenters. The number of benzene rings is 2. The second kappa shape index (κ2) is 8.94. The second-order valence-corrected chi connectivity index (χ2v) is 8.34. The van der Waals surface area contributed by atoms with Crippen molar-refractivity contribution in [1.29, 1.82) is 0 Å². The number of aromatic nitrogens is 3. The highest BCUT2D eigenvalue weighted by molar-refractivity contribution is 6.36. The summed E-state index contributed by atoms with van der Waals surface area (Å²) in [4.78, 5) is 12.8. The van der Waals surface area contributed by atoms with Crippen LogP contribution in [0.4, 0.5) is 10.1 Å². The van der Waals surface area contributed by atoms with Crippen LogP contribution in [0.15, 0.2) is 47.0 Å². The van der Waals surface area contributed by atoms with Crippen LogP contribution in [0.25, 0.3) is 11.3 Å². The Bertz CT molecular complexity index is 1330. The Morgan fingerprint density at radius 1 is 1.09 bits per heavy atom. The maximum atomic E-state index is 13.3. The summed E-state index contributed by atoms with van der Waals surface area (Å²) in [6.07, 6.45) is 0. The predicted molar refractivity (Wildman–Crippen MR) is 122 cm³/mol. The molecule has 10 heteroatoms. The van der Waals surface area contributed by atoms with Gasteiger partial charge >= 0.3 is 0 Å². The van der Waals surface area contributed by atoms with Crippen molar-refractivity contribution in [2.75, 3.05) is 5.32 Å². The number of nitrogens with zero attached hydrogens (tertiary/aromatic N) is 3. The van der Waals surface area contributed by atoms with Crippen LogP contribution in [-0.2, 0) is 6.54 Å². The summed E-state index contributed by atoms with van der Waals surface area (Å²) in [5, 5.41) is 12.3. The van der Waals surface area contributed by atoms with Crippen LogP contribution in [0, 0.1) is 19.7 Å². The van der Waals surface area contributed by atoms with E-state index in [0.29, 0.717) is 55.6 Å². The van der Waals surface area contributed by atoms with Crippen molar-refractivity contribution in [3.63, 3.8) is 0 Å². The first-order chi connectivity index (χ1) is 15.2. The van der Waals surface area contributed by atoms with E-state index in [9.17, 15) is 9.18 Å². The molecule has 0 aliphatic heterocycles. The fraction of sp³-hybridized carbons (Fsp3) is 0.136. The van der Waals surface area contributed by atoms with E-state index in [1.807, 2.05) is 6.92 Å². The summed E-state index contributed by atoms with van der Waals surface area (Å²) in [5.74, 6) is -0.533. The van der Waals surface area contributed by atoms with E-state index in [1.54, 1.807) is 35.9 Å². The highest BCUT2D eigenvalue weighted by Gasteiger charge is 2.20. The lowest BCUT2D eigenvalue weighted by Gasteiger charge is -2.08. The molecular formula is C22H16Cl3FN4O2. The standard InChI is InChI=1S/C22H16Cl3FN4O2/c1-11-21(12(2)30(28-11)10-13-3-5-15(26)8-17(13)24)27-22(31)19-9-20(32-29-19)16-6-4-14(23)7-18(16)25/h3-9H,10H2,1-2H3,(H,27,31). The Morgan fingerprint density at radius 3 is 2.59 bits per heavy atom. The zero-order chi connectivity index (χ0) is 23.0. The number of hydrogen-bond donors (Lipinski definition) is 1. The lowest BCUT2D eigenvalue weighted by Crippen LogP contribution is -2.13. The van der Waals surface area contributed by atoms with Crippen molar-refractivity contribution >= 4 is 46.4 Å². The summed E-state index contributed by atoms with van der Waals surface area (Å²) in [5.41, 5.74) is 3.22. The molecule has 32 heavy (non-hydrogen) atoms. The molecule has 0 spiro atoms. The number of rotatable bonds is 5. The van der Waals surface area contributed by atoms with Crippen molar-refractivity contribution in [1.82, 2.24) is 14.9 Å². The van der Waals surface area contributed by atoms with Crippen molar-refractivity contribution in [3.05, 3.63) is 86.0 Å². The van der Waals surface area contributed by atoms with Crippen LogP contribution in [0.2, 0.25) is 15.1 Å². The molecule has 0 aliphatic carbocycles. The summed E-state index contributed by atoms with van der Waals surface area (Å²) < 4.78 is 20.3. The molecule has 4 aromatic rings. The van der Waals surface area contributed by atoms with Crippen LogP contribution in [0.3, 0.4) is 0 Å². The number of amides is 1. The monoisotopic (exact) mass is 492 g/mol. The van der Waals surface area contributed by atoms with Gasteiger partial charge in [-0.2, -0.15) is 5.10 Å². The van der Waals surface area contributed by atoms with Gasteiger partial charge in [-0.15, -0.1) is 0 Å². The molecule has 4 rings (SSSR count). The van der Waals surface area contributed by atoms with Gasteiger partial charge in [-0.1, -0.05) is 46.0 Å². The summed E-state index contributed by atoms with van der Waals surface area (Å²) in [6.45, 7) is 3.91. The average Bonchev–Trinajstić information content (AvgIpc) is 3.31. The number of carbonyl (C=O) groups excluding carboxylic acids is 1. The smallest absolute Gasteiger partial charge is 0.277 e. The van der Waals surface area contributed by atoms with Crippen molar-refractivity contribution in [3.8, 4) is 11.3 Å². The molecule has 2 aromatic heterocycles. The quantitative estimate of drug-likeness (QED) is 0.342. The summed E-state index contributed by atoms with van der Waals surface area (Å²) in [7, 11) is 0. The van der Waals surface area contributed by atoms with Crippen molar-refractivity contribution < 1.29 is 13.7 Å². The van der Waals surface area contributed by atoms with Crippen LogP contribution < -0.4 is 5.32 Å². The molecular weight excluding hydrogens is 478 g/mol. The zero-order valence-corrected chi connectivity index (χ0v) is 19.2. The molecule has 2 aromatic carbocycles. The van der Waals surface area contributed by atoms with E-state index < -0.39 is 11.7 Å². The number of halogens is 4. The van der Waals surface area contributed by atoms with E-state index in [1.165, 1.54) is 18.2 Å². The molecule has 0 saturated carbocycles. The molecule has 164 valence electrons. The minimum absolute atomic E-state index is 0.0825. The molecule has 0 saturated heterocycles. The Hall–Kier alpha value is -2.87. The van der Waals surface area contributed by atoms with Crippen molar-refractivity contribution in [2.24, 2.45) is 0 Å². The number of aryl methyl sites for hydroxylation is 1. The van der Waals surface area contributed by atoms with Gasteiger partial charge in [0.2, 0.25) is 0 Å². The van der Waals surface area contributed by atoms with Gasteiger partial charge < -0.3 is 9.84 Å². The molecule has 0 fully saturated rings. The normalized spacial score (nSPS) is 11.1. The maximum Gasteiger partial charge on any atom is 0.277 e. The SMILES string of the molecule is Cc1nn(Cc2ccc(F)cc2Cl)c(C)c1NC(=O)c1cc(-c2ccc(Cl)cc2Cl)on1. The topological polar surface area (TPSA) is 73.0 Å². The number of nitrogens with one attached hydrogen (secondary N) is 1. The molecule has 0 unspecified atom stereocenters. The predicted octanol–water partition coefficient (Wildman–Crippen LogP) is 6.55. The Kier molecular flexibility index (Phi) is 6.24.